The lowest BCUT2D eigenvalue weighted by atomic mass is 9.96. The zero-order chi connectivity index (χ0) is 15.7. The van der Waals surface area contributed by atoms with Crippen molar-refractivity contribution in [2.75, 3.05) is 31.2 Å². The van der Waals surface area contributed by atoms with Crippen LogP contribution in [-0.4, -0.2) is 53.4 Å². The van der Waals surface area contributed by atoms with E-state index in [4.69, 9.17) is 9.72 Å². The molecule has 0 aliphatic carbocycles. The molecule has 6 heteroatoms. The lowest BCUT2D eigenvalue weighted by molar-refractivity contribution is 0.0925. The zero-order valence-corrected chi connectivity index (χ0v) is 13.2. The first-order valence-corrected chi connectivity index (χ1v) is 7.92. The van der Waals surface area contributed by atoms with E-state index < -0.39 is 6.09 Å². The molecule has 6 nitrogen and oxygen atoms in total. The molecule has 0 bridgehead atoms. The van der Waals surface area contributed by atoms with Gasteiger partial charge in [-0.15, -0.1) is 0 Å². The van der Waals surface area contributed by atoms with Crippen LogP contribution in [0.1, 0.15) is 37.4 Å². The number of fused-ring (bicyclic) bond motifs is 1. The predicted octanol–water partition coefficient (Wildman–Crippen LogP) is 2.29. The van der Waals surface area contributed by atoms with E-state index in [2.05, 4.69) is 11.8 Å². The first kappa shape index (κ1) is 15.1. The van der Waals surface area contributed by atoms with E-state index in [0.717, 1.165) is 43.3 Å². The first-order chi connectivity index (χ1) is 10.6. The molecule has 1 aromatic heterocycles. The fourth-order valence-corrected chi connectivity index (χ4v) is 3.34. The molecule has 3 rings (SSSR count). The maximum Gasteiger partial charge on any atom is 0.407 e. The molecule has 0 aromatic carbocycles. The van der Waals surface area contributed by atoms with E-state index in [-0.39, 0.29) is 5.92 Å². The van der Waals surface area contributed by atoms with Gasteiger partial charge in [-0.05, 0) is 18.1 Å². The van der Waals surface area contributed by atoms with E-state index >= 15 is 0 Å². The van der Waals surface area contributed by atoms with Crippen LogP contribution in [-0.2, 0) is 11.3 Å². The average molecular weight is 305 g/mol. The molecule has 1 fully saturated rings. The second-order valence-electron chi connectivity index (χ2n) is 6.11. The Labute approximate surface area is 130 Å². The number of pyridine rings is 1. The van der Waals surface area contributed by atoms with Crippen molar-refractivity contribution in [2.45, 2.75) is 38.8 Å². The van der Waals surface area contributed by atoms with Crippen LogP contribution < -0.4 is 4.90 Å². The maximum absolute atomic E-state index is 11.2. The molecule has 22 heavy (non-hydrogen) atoms. The van der Waals surface area contributed by atoms with Crippen LogP contribution in [0, 0.1) is 0 Å². The third-order valence-electron chi connectivity index (χ3n) is 4.58. The maximum atomic E-state index is 11.2. The molecule has 0 radical (unpaired) electrons. The molecule has 2 aliphatic heterocycles. The summed E-state index contributed by atoms with van der Waals surface area (Å²) >= 11 is 0. The summed E-state index contributed by atoms with van der Waals surface area (Å²) in [5.74, 6) is 1.12. The molecular formula is C16H23N3O3. The highest BCUT2D eigenvalue weighted by molar-refractivity contribution is 5.65. The van der Waals surface area contributed by atoms with Crippen LogP contribution in [0.5, 0.6) is 0 Å². The van der Waals surface area contributed by atoms with Crippen molar-refractivity contribution in [1.29, 1.82) is 0 Å². The van der Waals surface area contributed by atoms with E-state index in [1.165, 1.54) is 4.90 Å². The molecule has 2 atom stereocenters. The van der Waals surface area contributed by atoms with E-state index in [1.807, 2.05) is 19.1 Å². The summed E-state index contributed by atoms with van der Waals surface area (Å²) < 4.78 is 5.56. The summed E-state index contributed by atoms with van der Waals surface area (Å²) in [7, 11) is 0. The topological polar surface area (TPSA) is 65.9 Å². The standard InChI is InChI=1S/C16H23N3O3/c1-3-13-10-22-7-6-19(13)14-5-4-12-9-18(16(20)21)8-11(2)15(12)17-14/h4-5,11,13H,3,6-10H2,1-2H3,(H,20,21)/t11?,13-/m1/s1. The van der Waals surface area contributed by atoms with Crippen molar-refractivity contribution in [3.8, 4) is 0 Å². The molecule has 1 unspecified atom stereocenters. The van der Waals surface area contributed by atoms with E-state index in [1.54, 1.807) is 0 Å². The predicted molar refractivity (Wildman–Crippen MR) is 83.3 cm³/mol. The smallest absolute Gasteiger partial charge is 0.407 e. The number of carbonyl (C=O) groups is 1. The number of rotatable bonds is 2. The Hall–Kier alpha value is -1.82. The Bertz CT molecular complexity index is 564. The van der Waals surface area contributed by atoms with Gasteiger partial charge in [0.15, 0.2) is 0 Å². The molecule has 1 N–H and O–H groups in total. The second-order valence-corrected chi connectivity index (χ2v) is 6.11. The van der Waals surface area contributed by atoms with Crippen LogP contribution in [0.15, 0.2) is 12.1 Å². The number of aromatic nitrogens is 1. The van der Waals surface area contributed by atoms with E-state index in [9.17, 15) is 9.90 Å². The number of ether oxygens (including phenoxy) is 1. The fourth-order valence-electron chi connectivity index (χ4n) is 3.34. The van der Waals surface area contributed by atoms with Gasteiger partial charge in [0.1, 0.15) is 5.82 Å². The lowest BCUT2D eigenvalue weighted by Crippen LogP contribution is -2.46. The van der Waals surface area contributed by atoms with Gasteiger partial charge in [-0.1, -0.05) is 19.9 Å². The van der Waals surface area contributed by atoms with Gasteiger partial charge >= 0.3 is 6.09 Å². The van der Waals surface area contributed by atoms with Gasteiger partial charge < -0.3 is 19.6 Å². The lowest BCUT2D eigenvalue weighted by Gasteiger charge is -2.37. The van der Waals surface area contributed by atoms with Gasteiger partial charge in [0.25, 0.3) is 0 Å². The molecule has 3 heterocycles. The van der Waals surface area contributed by atoms with Crippen molar-refractivity contribution in [3.05, 3.63) is 23.4 Å². The monoisotopic (exact) mass is 305 g/mol. The van der Waals surface area contributed by atoms with Gasteiger partial charge in [-0.2, -0.15) is 0 Å². The third kappa shape index (κ3) is 2.75. The molecule has 1 saturated heterocycles. The minimum Gasteiger partial charge on any atom is -0.465 e. The highest BCUT2D eigenvalue weighted by atomic mass is 16.5. The number of morpholine rings is 1. The molecule has 1 aromatic rings. The summed E-state index contributed by atoms with van der Waals surface area (Å²) in [5, 5.41) is 9.19. The zero-order valence-electron chi connectivity index (χ0n) is 13.2. The van der Waals surface area contributed by atoms with Crippen LogP contribution >= 0.6 is 0 Å². The first-order valence-electron chi connectivity index (χ1n) is 7.92. The highest BCUT2D eigenvalue weighted by Crippen LogP contribution is 2.29. The van der Waals surface area contributed by atoms with Crippen LogP contribution in [0.4, 0.5) is 10.6 Å². The largest absolute Gasteiger partial charge is 0.465 e. The number of hydrogen-bond acceptors (Lipinski definition) is 4. The Kier molecular flexibility index (Phi) is 4.20. The summed E-state index contributed by atoms with van der Waals surface area (Å²) in [6.45, 7) is 7.50. The average Bonchev–Trinajstić information content (AvgIpc) is 2.54. The number of anilines is 1. The van der Waals surface area contributed by atoms with Crippen LogP contribution in [0.25, 0.3) is 0 Å². The normalized spacial score (nSPS) is 25.0. The summed E-state index contributed by atoms with van der Waals surface area (Å²) in [4.78, 5) is 19.8. The fraction of sp³-hybridized carbons (Fsp3) is 0.625. The summed E-state index contributed by atoms with van der Waals surface area (Å²) in [6, 6.07) is 4.42. The summed E-state index contributed by atoms with van der Waals surface area (Å²) in [6.07, 6.45) is 0.169. The van der Waals surface area contributed by atoms with Gasteiger partial charge in [-0.25, -0.2) is 9.78 Å². The Morgan fingerprint density at radius 3 is 3.05 bits per heavy atom. The molecule has 120 valence electrons. The number of carboxylic acid groups (broad SMARTS) is 1. The van der Waals surface area contributed by atoms with Crippen LogP contribution in [0.3, 0.4) is 0 Å². The van der Waals surface area contributed by atoms with Crippen molar-refractivity contribution in [1.82, 2.24) is 9.88 Å². The van der Waals surface area contributed by atoms with Crippen molar-refractivity contribution >= 4 is 11.9 Å². The molecule has 1 amide bonds. The SMILES string of the molecule is CC[C@@H]1COCCN1c1ccc2c(n1)C(C)CN(C(=O)O)C2. The quantitative estimate of drug-likeness (QED) is 0.908. The van der Waals surface area contributed by atoms with Crippen molar-refractivity contribution in [2.24, 2.45) is 0 Å². The number of nitrogens with zero attached hydrogens (tertiary/aromatic N) is 3. The van der Waals surface area contributed by atoms with Crippen molar-refractivity contribution < 1.29 is 14.6 Å². The Balaban J connectivity index is 1.88. The number of amides is 1. The second kappa shape index (κ2) is 6.12. The van der Waals surface area contributed by atoms with Crippen molar-refractivity contribution in [3.63, 3.8) is 0 Å². The highest BCUT2D eigenvalue weighted by Gasteiger charge is 2.29. The minimum atomic E-state index is -0.860. The van der Waals surface area contributed by atoms with Gasteiger partial charge in [-0.3, -0.25) is 0 Å². The Morgan fingerprint density at radius 1 is 1.50 bits per heavy atom. The Morgan fingerprint density at radius 2 is 2.32 bits per heavy atom. The molecule has 0 spiro atoms. The third-order valence-corrected chi connectivity index (χ3v) is 4.58. The summed E-state index contributed by atoms with van der Waals surface area (Å²) in [5.41, 5.74) is 2.06. The minimum absolute atomic E-state index is 0.126. The van der Waals surface area contributed by atoms with E-state index in [0.29, 0.717) is 19.1 Å². The van der Waals surface area contributed by atoms with Gasteiger partial charge in [0.2, 0.25) is 0 Å². The molecular weight excluding hydrogens is 282 g/mol. The molecule has 0 saturated carbocycles. The van der Waals surface area contributed by atoms with Gasteiger partial charge in [0, 0.05) is 19.0 Å². The number of hydrogen-bond donors (Lipinski definition) is 1. The van der Waals surface area contributed by atoms with Crippen LogP contribution in [0.2, 0.25) is 0 Å². The molecule has 2 aliphatic rings. The van der Waals surface area contributed by atoms with Gasteiger partial charge in [0.05, 0.1) is 31.5 Å².